The van der Waals surface area contributed by atoms with Crippen LogP contribution in [0, 0.1) is 5.82 Å². The van der Waals surface area contributed by atoms with Gasteiger partial charge in [0.05, 0.1) is 5.56 Å². The molecule has 94 valence electrons. The van der Waals surface area contributed by atoms with Gasteiger partial charge in [0.1, 0.15) is 0 Å². The zero-order chi connectivity index (χ0) is 13.3. The number of hydrogen-bond donors (Lipinski definition) is 1. The Balaban J connectivity index is 2.61. The molecule has 0 atom stereocenters. The number of aromatic nitrogens is 2. The van der Waals surface area contributed by atoms with Crippen molar-refractivity contribution < 1.29 is 9.50 Å². The van der Waals surface area contributed by atoms with Crippen molar-refractivity contribution >= 4 is 11.8 Å². The molecule has 2 aromatic rings. The zero-order valence-electron chi connectivity index (χ0n) is 9.85. The Morgan fingerprint density at radius 3 is 2.78 bits per heavy atom. The van der Waals surface area contributed by atoms with E-state index in [0.717, 1.165) is 6.07 Å². The fraction of sp³-hybridized carbons (Fsp3) is 0.167. The predicted molar refractivity (Wildman–Crippen MR) is 68.3 cm³/mol. The van der Waals surface area contributed by atoms with Crippen LogP contribution in [0.3, 0.4) is 0 Å². The summed E-state index contributed by atoms with van der Waals surface area (Å²) in [5, 5.41) is 9.71. The van der Waals surface area contributed by atoms with Gasteiger partial charge < -0.3 is 5.11 Å². The molecular formula is C12H11FN2O2S. The van der Waals surface area contributed by atoms with Crippen LogP contribution < -0.4 is 5.56 Å². The first-order valence-corrected chi connectivity index (χ1v) is 6.36. The summed E-state index contributed by atoms with van der Waals surface area (Å²) in [6.07, 6.45) is 3.24. The van der Waals surface area contributed by atoms with Crippen LogP contribution in [0.2, 0.25) is 0 Å². The van der Waals surface area contributed by atoms with Crippen molar-refractivity contribution in [1.29, 1.82) is 0 Å². The van der Waals surface area contributed by atoms with Gasteiger partial charge in [0.15, 0.2) is 16.7 Å². The van der Waals surface area contributed by atoms with Gasteiger partial charge in [-0.25, -0.2) is 9.37 Å². The van der Waals surface area contributed by atoms with Crippen LogP contribution in [0.4, 0.5) is 4.39 Å². The van der Waals surface area contributed by atoms with Gasteiger partial charge in [-0.05, 0) is 24.0 Å². The first-order chi connectivity index (χ1) is 8.54. The molecule has 0 bridgehead atoms. The van der Waals surface area contributed by atoms with Gasteiger partial charge >= 0.3 is 0 Å². The second kappa shape index (κ2) is 4.81. The average Bonchev–Trinajstić information content (AvgIpc) is 2.36. The van der Waals surface area contributed by atoms with E-state index >= 15 is 0 Å². The summed E-state index contributed by atoms with van der Waals surface area (Å²) in [4.78, 5) is 16.2. The number of benzene rings is 1. The summed E-state index contributed by atoms with van der Waals surface area (Å²) >= 11 is 1.36. The number of aromatic hydroxyl groups is 1. The molecule has 1 N–H and O–H groups in total. The van der Waals surface area contributed by atoms with Crippen LogP contribution in [-0.4, -0.2) is 20.9 Å². The molecular weight excluding hydrogens is 255 g/mol. The highest BCUT2D eigenvalue weighted by Crippen LogP contribution is 2.22. The number of phenols is 1. The van der Waals surface area contributed by atoms with Crippen LogP contribution in [0.5, 0.6) is 5.75 Å². The van der Waals surface area contributed by atoms with E-state index < -0.39 is 11.6 Å². The summed E-state index contributed by atoms with van der Waals surface area (Å²) < 4.78 is 14.7. The molecule has 1 aromatic carbocycles. The average molecular weight is 266 g/mol. The third-order valence-electron chi connectivity index (χ3n) is 2.57. The minimum atomic E-state index is -0.761. The Morgan fingerprint density at radius 1 is 1.44 bits per heavy atom. The molecule has 0 fully saturated rings. The summed E-state index contributed by atoms with van der Waals surface area (Å²) in [6.45, 7) is 0. The van der Waals surface area contributed by atoms with Crippen molar-refractivity contribution in [2.45, 2.75) is 5.16 Å². The maximum Gasteiger partial charge on any atom is 0.261 e. The largest absolute Gasteiger partial charge is 0.505 e. The van der Waals surface area contributed by atoms with E-state index in [4.69, 9.17) is 5.11 Å². The van der Waals surface area contributed by atoms with E-state index in [1.165, 1.54) is 34.7 Å². The summed E-state index contributed by atoms with van der Waals surface area (Å²) in [7, 11) is 1.61. The second-order valence-corrected chi connectivity index (χ2v) is 4.46. The van der Waals surface area contributed by atoms with Gasteiger partial charge in [0, 0.05) is 13.2 Å². The molecule has 6 heteroatoms. The zero-order valence-corrected chi connectivity index (χ0v) is 10.7. The van der Waals surface area contributed by atoms with Crippen LogP contribution >= 0.6 is 11.8 Å². The van der Waals surface area contributed by atoms with Crippen molar-refractivity contribution in [2.24, 2.45) is 7.05 Å². The third kappa shape index (κ3) is 2.11. The van der Waals surface area contributed by atoms with Crippen LogP contribution in [0.15, 0.2) is 34.3 Å². The van der Waals surface area contributed by atoms with Crippen LogP contribution in [0.1, 0.15) is 0 Å². The Bertz CT molecular complexity index is 655. The van der Waals surface area contributed by atoms with E-state index in [0.29, 0.717) is 16.3 Å². The lowest BCUT2D eigenvalue weighted by Crippen LogP contribution is -2.21. The van der Waals surface area contributed by atoms with Gasteiger partial charge in [0.2, 0.25) is 0 Å². The molecule has 0 amide bonds. The quantitative estimate of drug-likeness (QED) is 0.667. The highest BCUT2D eigenvalue weighted by molar-refractivity contribution is 7.98. The van der Waals surface area contributed by atoms with E-state index in [9.17, 15) is 9.18 Å². The van der Waals surface area contributed by atoms with Crippen molar-refractivity contribution in [3.63, 3.8) is 0 Å². The molecule has 2 rings (SSSR count). The Morgan fingerprint density at radius 2 is 2.17 bits per heavy atom. The molecule has 0 aliphatic carbocycles. The first kappa shape index (κ1) is 12.6. The molecule has 0 saturated carbocycles. The monoisotopic (exact) mass is 266 g/mol. The van der Waals surface area contributed by atoms with E-state index in [2.05, 4.69) is 4.98 Å². The van der Waals surface area contributed by atoms with Crippen molar-refractivity contribution in [1.82, 2.24) is 9.55 Å². The molecule has 0 radical (unpaired) electrons. The summed E-state index contributed by atoms with van der Waals surface area (Å²) in [6, 6.07) is 3.81. The molecule has 18 heavy (non-hydrogen) atoms. The van der Waals surface area contributed by atoms with E-state index in [1.807, 2.05) is 6.26 Å². The summed E-state index contributed by atoms with van der Waals surface area (Å²) in [5.74, 6) is -1.20. The smallest absolute Gasteiger partial charge is 0.261 e. The molecule has 1 heterocycles. The number of halogens is 1. The number of thioether (sulfide) groups is 1. The fourth-order valence-electron chi connectivity index (χ4n) is 1.59. The summed E-state index contributed by atoms with van der Waals surface area (Å²) in [5.41, 5.74) is 0.444. The Labute approximate surface area is 107 Å². The second-order valence-electron chi connectivity index (χ2n) is 3.69. The van der Waals surface area contributed by atoms with E-state index in [1.54, 1.807) is 7.05 Å². The van der Waals surface area contributed by atoms with Crippen LogP contribution in [0.25, 0.3) is 11.1 Å². The maximum atomic E-state index is 13.3. The lowest BCUT2D eigenvalue weighted by molar-refractivity contribution is 0.432. The van der Waals surface area contributed by atoms with Crippen molar-refractivity contribution in [3.8, 4) is 16.9 Å². The van der Waals surface area contributed by atoms with Gasteiger partial charge in [0.25, 0.3) is 5.56 Å². The van der Waals surface area contributed by atoms with E-state index in [-0.39, 0.29) is 5.56 Å². The standard InChI is InChI=1S/C12H11FN2O2S/c1-15-11(17)8(6-14-12(15)18-2)7-3-4-10(16)9(13)5-7/h3-6,16H,1-2H3. The van der Waals surface area contributed by atoms with Gasteiger partial charge in [-0.1, -0.05) is 17.8 Å². The fourth-order valence-corrected chi connectivity index (χ4v) is 2.11. The number of nitrogens with zero attached hydrogens (tertiary/aromatic N) is 2. The van der Waals surface area contributed by atoms with Crippen LogP contribution in [-0.2, 0) is 7.05 Å². The molecule has 0 unspecified atom stereocenters. The molecule has 4 nitrogen and oxygen atoms in total. The number of phenolic OH excluding ortho intramolecular Hbond substituents is 1. The minimum Gasteiger partial charge on any atom is -0.505 e. The number of hydrogen-bond acceptors (Lipinski definition) is 4. The highest BCUT2D eigenvalue weighted by atomic mass is 32.2. The Hall–Kier alpha value is -1.82. The lowest BCUT2D eigenvalue weighted by Gasteiger charge is -2.07. The van der Waals surface area contributed by atoms with Crippen molar-refractivity contribution in [3.05, 3.63) is 40.6 Å². The molecule has 0 aliphatic heterocycles. The topological polar surface area (TPSA) is 55.1 Å². The lowest BCUT2D eigenvalue weighted by atomic mass is 10.1. The number of rotatable bonds is 2. The van der Waals surface area contributed by atoms with Gasteiger partial charge in [-0.3, -0.25) is 9.36 Å². The predicted octanol–water partition coefficient (Wildman–Crippen LogP) is 2.01. The third-order valence-corrected chi connectivity index (χ3v) is 3.31. The molecule has 0 saturated heterocycles. The van der Waals surface area contributed by atoms with Crippen molar-refractivity contribution in [2.75, 3.05) is 6.26 Å². The molecule has 0 spiro atoms. The highest BCUT2D eigenvalue weighted by Gasteiger charge is 2.10. The minimum absolute atomic E-state index is 0.251. The Kier molecular flexibility index (Phi) is 3.38. The van der Waals surface area contributed by atoms with Gasteiger partial charge in [-0.15, -0.1) is 0 Å². The van der Waals surface area contributed by atoms with Gasteiger partial charge in [-0.2, -0.15) is 0 Å². The molecule has 1 aromatic heterocycles. The SMILES string of the molecule is CSc1ncc(-c2ccc(O)c(F)c2)c(=O)n1C. The maximum absolute atomic E-state index is 13.3. The first-order valence-electron chi connectivity index (χ1n) is 5.13. The normalized spacial score (nSPS) is 10.6. The molecule has 0 aliphatic rings.